The van der Waals surface area contributed by atoms with Gasteiger partial charge in [-0.25, -0.2) is 0 Å². The van der Waals surface area contributed by atoms with Gasteiger partial charge in [0.2, 0.25) is 0 Å². The molecule has 0 fully saturated rings. The number of hydrogen-bond donors (Lipinski definition) is 0. The van der Waals surface area contributed by atoms with Gasteiger partial charge in [0.15, 0.2) is 0 Å². The van der Waals surface area contributed by atoms with Gasteiger partial charge in [0.05, 0.1) is 0 Å². The lowest BCUT2D eigenvalue weighted by Crippen LogP contribution is -2.06. The van der Waals surface area contributed by atoms with Gasteiger partial charge in [0.25, 0.3) is 0 Å². The second kappa shape index (κ2) is 7.69. The molecule has 0 amide bonds. The Kier molecular flexibility index (Phi) is 4.27. The van der Waals surface area contributed by atoms with E-state index >= 15 is 0 Å². The zero-order valence-electron chi connectivity index (χ0n) is 20.6. The summed E-state index contributed by atoms with van der Waals surface area (Å²) in [5.74, 6) is 0. The van der Waals surface area contributed by atoms with Gasteiger partial charge >= 0.3 is 0 Å². The van der Waals surface area contributed by atoms with Crippen LogP contribution in [-0.2, 0) is 0 Å². The summed E-state index contributed by atoms with van der Waals surface area (Å²) in [5, 5.41) is 13.1. The van der Waals surface area contributed by atoms with Crippen LogP contribution in [0.5, 0.6) is 0 Å². The first-order valence-electron chi connectivity index (χ1n) is 12.9. The second-order valence-electron chi connectivity index (χ2n) is 10.2. The fourth-order valence-corrected chi connectivity index (χ4v) is 6.28. The van der Waals surface area contributed by atoms with Crippen LogP contribution in [0.3, 0.4) is 0 Å². The minimum Gasteiger partial charge on any atom is -0.0806 e. The van der Waals surface area contributed by atoms with Crippen molar-refractivity contribution in [1.29, 1.82) is 0 Å². The number of rotatable bonds is 2. The lowest BCUT2D eigenvalue weighted by molar-refractivity contribution is 1.69. The van der Waals surface area contributed by atoms with E-state index in [4.69, 9.17) is 0 Å². The standard InChI is InChI=1S/C36H23B/c37-34-21-33(28-12-10-23-6-2-4-8-26(23)20-28)31-16-14-24-13-15-29(30-17-18-32(34)36(31)35(24)30)27-11-9-22-5-1-3-7-25(22)19-27/h1-21H,37H2. The molecule has 0 nitrogen and oxygen atoms in total. The van der Waals surface area contributed by atoms with Crippen molar-refractivity contribution in [3.63, 3.8) is 0 Å². The third-order valence-corrected chi connectivity index (χ3v) is 8.11. The molecule has 1 heteroatoms. The van der Waals surface area contributed by atoms with Crippen LogP contribution in [-0.4, -0.2) is 7.85 Å². The zero-order valence-corrected chi connectivity index (χ0v) is 20.6. The average Bonchev–Trinajstić information content (AvgIpc) is 2.96. The van der Waals surface area contributed by atoms with Crippen LogP contribution in [0.1, 0.15) is 0 Å². The third kappa shape index (κ3) is 3.04. The van der Waals surface area contributed by atoms with E-state index in [9.17, 15) is 0 Å². The molecule has 0 spiro atoms. The molecule has 0 unspecified atom stereocenters. The first kappa shape index (κ1) is 20.6. The molecule has 0 saturated carbocycles. The molecule has 0 atom stereocenters. The highest BCUT2D eigenvalue weighted by Gasteiger charge is 2.16. The summed E-state index contributed by atoms with van der Waals surface area (Å²) in [7, 11) is 2.25. The second-order valence-corrected chi connectivity index (χ2v) is 10.2. The largest absolute Gasteiger partial charge is 0.140 e. The third-order valence-electron chi connectivity index (χ3n) is 8.11. The summed E-state index contributed by atoms with van der Waals surface area (Å²) >= 11 is 0. The van der Waals surface area contributed by atoms with Crippen LogP contribution < -0.4 is 5.46 Å². The fraction of sp³-hybridized carbons (Fsp3) is 0. The quantitative estimate of drug-likeness (QED) is 0.177. The maximum absolute atomic E-state index is 2.37. The van der Waals surface area contributed by atoms with Crippen LogP contribution in [0.15, 0.2) is 127 Å². The number of fused-ring (bicyclic) bond motifs is 2. The smallest absolute Gasteiger partial charge is 0.0806 e. The van der Waals surface area contributed by atoms with Crippen molar-refractivity contribution in [2.24, 2.45) is 0 Å². The molecular weight excluding hydrogens is 443 g/mol. The zero-order chi connectivity index (χ0) is 24.5. The van der Waals surface area contributed by atoms with Crippen molar-refractivity contribution in [3.05, 3.63) is 127 Å². The van der Waals surface area contributed by atoms with Gasteiger partial charge in [-0.05, 0) is 88.2 Å². The van der Waals surface area contributed by atoms with Gasteiger partial charge in [-0.2, -0.15) is 0 Å². The van der Waals surface area contributed by atoms with Crippen LogP contribution in [0.2, 0.25) is 0 Å². The first-order valence-corrected chi connectivity index (χ1v) is 12.9. The maximum Gasteiger partial charge on any atom is 0.140 e. The lowest BCUT2D eigenvalue weighted by Gasteiger charge is -2.18. The van der Waals surface area contributed by atoms with Gasteiger partial charge in [-0.1, -0.05) is 121 Å². The summed E-state index contributed by atoms with van der Waals surface area (Å²) in [6, 6.07) is 47.1. The average molecular weight is 466 g/mol. The van der Waals surface area contributed by atoms with Gasteiger partial charge in [-0.3, -0.25) is 0 Å². The predicted octanol–water partition coefficient (Wildman–Crippen LogP) is 8.48. The summed E-state index contributed by atoms with van der Waals surface area (Å²) in [6.45, 7) is 0. The Balaban J connectivity index is 1.44. The van der Waals surface area contributed by atoms with E-state index < -0.39 is 0 Å². The van der Waals surface area contributed by atoms with E-state index in [2.05, 4.69) is 135 Å². The van der Waals surface area contributed by atoms with Crippen LogP contribution >= 0.6 is 0 Å². The molecule has 170 valence electrons. The maximum atomic E-state index is 2.37. The molecule has 0 aliphatic carbocycles. The summed E-state index contributed by atoms with van der Waals surface area (Å²) in [4.78, 5) is 0. The highest BCUT2D eigenvalue weighted by atomic mass is 14.2. The Morgan fingerprint density at radius 1 is 0.351 bits per heavy atom. The Morgan fingerprint density at radius 2 is 0.865 bits per heavy atom. The summed E-state index contributed by atoms with van der Waals surface area (Å²) in [6.07, 6.45) is 0. The SMILES string of the molecule is Bc1cc(-c2ccc3ccccc3c2)c2ccc3ccc(-c4ccc5ccccc5c4)c4ccc1c2c34. The molecule has 8 aromatic rings. The Bertz CT molecular complexity index is 2150. The highest BCUT2D eigenvalue weighted by molar-refractivity contribution is 6.43. The molecule has 8 aromatic carbocycles. The van der Waals surface area contributed by atoms with Crippen LogP contribution in [0.25, 0.3) is 76.1 Å². The Hall–Kier alpha value is -4.62. The van der Waals surface area contributed by atoms with Gasteiger partial charge in [0.1, 0.15) is 7.85 Å². The van der Waals surface area contributed by atoms with Crippen LogP contribution in [0.4, 0.5) is 0 Å². The summed E-state index contributed by atoms with van der Waals surface area (Å²) < 4.78 is 0. The summed E-state index contributed by atoms with van der Waals surface area (Å²) in [5.41, 5.74) is 6.46. The van der Waals surface area contributed by atoms with Gasteiger partial charge in [0, 0.05) is 0 Å². The van der Waals surface area contributed by atoms with Gasteiger partial charge < -0.3 is 0 Å². The van der Waals surface area contributed by atoms with Crippen molar-refractivity contribution >= 4 is 67.2 Å². The molecule has 0 radical (unpaired) electrons. The molecule has 0 heterocycles. The molecule has 0 aliphatic rings. The molecule has 0 aromatic heterocycles. The Morgan fingerprint density at radius 3 is 1.57 bits per heavy atom. The normalized spacial score (nSPS) is 11.9. The lowest BCUT2D eigenvalue weighted by atomic mass is 9.80. The highest BCUT2D eigenvalue weighted by Crippen LogP contribution is 2.42. The van der Waals surface area contributed by atoms with E-state index in [0.717, 1.165) is 0 Å². The van der Waals surface area contributed by atoms with Crippen molar-refractivity contribution in [2.75, 3.05) is 0 Å². The van der Waals surface area contributed by atoms with Crippen molar-refractivity contribution in [1.82, 2.24) is 0 Å². The minimum absolute atomic E-state index is 1.27. The van der Waals surface area contributed by atoms with Crippen molar-refractivity contribution in [3.8, 4) is 22.3 Å². The monoisotopic (exact) mass is 466 g/mol. The van der Waals surface area contributed by atoms with E-state index in [1.165, 1.54) is 81.6 Å². The molecule has 8 rings (SSSR count). The number of benzene rings is 8. The van der Waals surface area contributed by atoms with Gasteiger partial charge in [-0.15, -0.1) is 0 Å². The molecular formula is C36H23B. The first-order chi connectivity index (χ1) is 18.2. The molecule has 0 N–H and O–H groups in total. The van der Waals surface area contributed by atoms with Crippen molar-refractivity contribution in [2.45, 2.75) is 0 Å². The Labute approximate surface area is 216 Å². The van der Waals surface area contributed by atoms with E-state index in [-0.39, 0.29) is 0 Å². The topological polar surface area (TPSA) is 0 Å². The van der Waals surface area contributed by atoms with Crippen molar-refractivity contribution < 1.29 is 0 Å². The predicted molar refractivity (Wildman–Crippen MR) is 164 cm³/mol. The number of hydrogen-bond acceptors (Lipinski definition) is 0. The van der Waals surface area contributed by atoms with E-state index in [1.54, 1.807) is 0 Å². The molecule has 0 aliphatic heterocycles. The fourth-order valence-electron chi connectivity index (χ4n) is 6.28. The van der Waals surface area contributed by atoms with Crippen LogP contribution in [0, 0.1) is 0 Å². The molecule has 0 bridgehead atoms. The minimum atomic E-state index is 1.27. The van der Waals surface area contributed by atoms with E-state index in [0.29, 0.717) is 0 Å². The molecule has 37 heavy (non-hydrogen) atoms. The van der Waals surface area contributed by atoms with E-state index in [1.807, 2.05) is 0 Å². The molecule has 0 saturated heterocycles.